The predicted molar refractivity (Wildman–Crippen MR) is 58.9 cm³/mol. The Morgan fingerprint density at radius 1 is 1.31 bits per heavy atom. The second-order valence-electron chi connectivity index (χ2n) is 3.21. The van der Waals surface area contributed by atoms with Crippen LogP contribution in [-0.2, 0) is 0 Å². The Morgan fingerprint density at radius 3 is 2.50 bits per heavy atom. The smallest absolute Gasteiger partial charge is 0.391 e. The van der Waals surface area contributed by atoms with Crippen LogP contribution in [-0.4, -0.2) is 23.1 Å². The van der Waals surface area contributed by atoms with Crippen molar-refractivity contribution in [3.63, 3.8) is 0 Å². The van der Waals surface area contributed by atoms with Crippen LogP contribution in [0.1, 0.15) is 6.42 Å². The highest BCUT2D eigenvalue weighted by Crippen LogP contribution is 2.29. The first-order chi connectivity index (χ1) is 7.38. The summed E-state index contributed by atoms with van der Waals surface area (Å²) in [4.78, 5) is 0.672. The van der Waals surface area contributed by atoms with Crippen molar-refractivity contribution < 1.29 is 18.3 Å². The zero-order chi connectivity index (χ0) is 12.2. The summed E-state index contributed by atoms with van der Waals surface area (Å²) in [5.74, 6) is -0.0246. The molecule has 0 fully saturated rings. The van der Waals surface area contributed by atoms with Crippen LogP contribution in [0.2, 0.25) is 5.02 Å². The van der Waals surface area contributed by atoms with E-state index >= 15 is 0 Å². The van der Waals surface area contributed by atoms with Gasteiger partial charge in [-0.15, -0.1) is 11.8 Å². The molecule has 1 atom stereocenters. The third-order valence-corrected chi connectivity index (χ3v) is 3.40. The first kappa shape index (κ1) is 13.7. The van der Waals surface area contributed by atoms with E-state index in [0.717, 1.165) is 11.8 Å². The van der Waals surface area contributed by atoms with Gasteiger partial charge in [-0.3, -0.25) is 0 Å². The molecule has 16 heavy (non-hydrogen) atoms. The van der Waals surface area contributed by atoms with Crippen molar-refractivity contribution in [3.05, 3.63) is 29.3 Å². The van der Waals surface area contributed by atoms with Gasteiger partial charge in [-0.1, -0.05) is 23.7 Å². The Hall–Kier alpha value is -0.390. The fourth-order valence-corrected chi connectivity index (χ4v) is 2.24. The lowest BCUT2D eigenvalue weighted by molar-refractivity contribution is -0.150. The molecule has 0 aliphatic rings. The van der Waals surface area contributed by atoms with Crippen molar-refractivity contribution in [2.24, 2.45) is 0 Å². The zero-order valence-corrected chi connectivity index (χ0v) is 9.74. The molecule has 0 heterocycles. The lowest BCUT2D eigenvalue weighted by Gasteiger charge is -2.12. The van der Waals surface area contributed by atoms with Crippen LogP contribution >= 0.6 is 23.4 Å². The highest BCUT2D eigenvalue weighted by atomic mass is 35.5. The van der Waals surface area contributed by atoms with Crippen LogP contribution in [0.15, 0.2) is 29.2 Å². The Morgan fingerprint density at radius 2 is 1.94 bits per heavy atom. The van der Waals surface area contributed by atoms with Gasteiger partial charge in [0.1, 0.15) is 0 Å². The molecule has 6 heteroatoms. The largest absolute Gasteiger partial charge is 0.392 e. The molecule has 1 aromatic carbocycles. The van der Waals surface area contributed by atoms with Crippen molar-refractivity contribution in [1.82, 2.24) is 0 Å². The number of thioether (sulfide) groups is 1. The van der Waals surface area contributed by atoms with E-state index in [1.54, 1.807) is 24.3 Å². The molecule has 0 saturated heterocycles. The van der Waals surface area contributed by atoms with Crippen LogP contribution < -0.4 is 0 Å². The van der Waals surface area contributed by atoms with Gasteiger partial charge in [0.2, 0.25) is 0 Å². The average Bonchev–Trinajstić information content (AvgIpc) is 2.14. The van der Waals surface area contributed by atoms with Gasteiger partial charge < -0.3 is 5.11 Å². The van der Waals surface area contributed by atoms with Gasteiger partial charge in [0.25, 0.3) is 0 Å². The molecule has 0 aliphatic heterocycles. The summed E-state index contributed by atoms with van der Waals surface area (Å²) in [6, 6.07) is 6.83. The number of hydrogen-bond acceptors (Lipinski definition) is 2. The van der Waals surface area contributed by atoms with E-state index in [2.05, 4.69) is 0 Å². The van der Waals surface area contributed by atoms with E-state index in [-0.39, 0.29) is 5.75 Å². The molecule has 1 aromatic rings. The van der Waals surface area contributed by atoms with E-state index in [4.69, 9.17) is 16.7 Å². The SMILES string of the molecule is OC(CSc1ccccc1Cl)CC(F)(F)F. The van der Waals surface area contributed by atoms with Gasteiger partial charge >= 0.3 is 6.18 Å². The Labute approximate surface area is 101 Å². The second-order valence-corrected chi connectivity index (χ2v) is 4.68. The standard InChI is InChI=1S/C10H10ClF3OS/c11-8-3-1-2-4-9(8)16-6-7(15)5-10(12,13)14/h1-4,7,15H,5-6H2. The van der Waals surface area contributed by atoms with E-state index in [1.165, 1.54) is 0 Å². The Bertz CT molecular complexity index is 343. The lowest BCUT2D eigenvalue weighted by Crippen LogP contribution is -2.21. The minimum Gasteiger partial charge on any atom is -0.392 e. The molecule has 0 aliphatic carbocycles. The van der Waals surface area contributed by atoms with Crippen LogP contribution in [0, 0.1) is 0 Å². The van der Waals surface area contributed by atoms with E-state index in [9.17, 15) is 13.2 Å². The summed E-state index contributed by atoms with van der Waals surface area (Å²) in [7, 11) is 0. The molecule has 0 amide bonds. The first-order valence-corrected chi connectivity index (χ1v) is 5.87. The molecule has 0 saturated carbocycles. The van der Waals surface area contributed by atoms with E-state index in [1.807, 2.05) is 0 Å². The van der Waals surface area contributed by atoms with Gasteiger partial charge in [0.15, 0.2) is 0 Å². The molecule has 0 spiro atoms. The number of alkyl halides is 3. The van der Waals surface area contributed by atoms with Gasteiger partial charge in [-0.05, 0) is 12.1 Å². The third kappa shape index (κ3) is 5.09. The van der Waals surface area contributed by atoms with Gasteiger partial charge in [0, 0.05) is 10.6 Å². The number of halogens is 4. The molecule has 90 valence electrons. The minimum absolute atomic E-state index is 0.0246. The van der Waals surface area contributed by atoms with Crippen LogP contribution in [0.3, 0.4) is 0 Å². The van der Waals surface area contributed by atoms with Gasteiger partial charge in [0.05, 0.1) is 17.5 Å². The van der Waals surface area contributed by atoms with Gasteiger partial charge in [-0.2, -0.15) is 13.2 Å². The van der Waals surface area contributed by atoms with Gasteiger partial charge in [-0.25, -0.2) is 0 Å². The number of aliphatic hydroxyl groups is 1. The summed E-state index contributed by atoms with van der Waals surface area (Å²) in [6.45, 7) is 0. The minimum atomic E-state index is -4.33. The summed E-state index contributed by atoms with van der Waals surface area (Å²) >= 11 is 6.93. The highest BCUT2D eigenvalue weighted by molar-refractivity contribution is 7.99. The topological polar surface area (TPSA) is 20.2 Å². The highest BCUT2D eigenvalue weighted by Gasteiger charge is 2.30. The first-order valence-electron chi connectivity index (χ1n) is 4.50. The van der Waals surface area contributed by atoms with Crippen LogP contribution in [0.5, 0.6) is 0 Å². The quantitative estimate of drug-likeness (QED) is 0.841. The van der Waals surface area contributed by atoms with E-state index < -0.39 is 18.7 Å². The molecule has 1 rings (SSSR count). The number of hydrogen-bond donors (Lipinski definition) is 1. The Kier molecular flexibility index (Phi) is 4.95. The number of rotatable bonds is 4. The number of benzene rings is 1. The second kappa shape index (κ2) is 5.80. The molecular weight excluding hydrogens is 261 g/mol. The van der Waals surface area contributed by atoms with Crippen molar-refractivity contribution in [2.75, 3.05) is 5.75 Å². The summed E-state index contributed by atoms with van der Waals surface area (Å²) in [5.41, 5.74) is 0. The Balaban J connectivity index is 2.43. The molecule has 1 unspecified atom stereocenters. The zero-order valence-electron chi connectivity index (χ0n) is 8.17. The normalized spacial score (nSPS) is 13.8. The van der Waals surface area contributed by atoms with Crippen molar-refractivity contribution in [3.8, 4) is 0 Å². The van der Waals surface area contributed by atoms with Crippen LogP contribution in [0.25, 0.3) is 0 Å². The molecule has 1 N–H and O–H groups in total. The molecule has 1 nitrogen and oxygen atoms in total. The fraction of sp³-hybridized carbons (Fsp3) is 0.400. The van der Waals surface area contributed by atoms with Crippen LogP contribution in [0.4, 0.5) is 13.2 Å². The summed E-state index contributed by atoms with van der Waals surface area (Å²) in [6.07, 6.45) is -6.92. The maximum Gasteiger partial charge on any atom is 0.391 e. The molecular formula is C10H10ClF3OS. The summed E-state index contributed by atoms with van der Waals surface area (Å²) in [5, 5.41) is 9.63. The van der Waals surface area contributed by atoms with Crippen molar-refractivity contribution in [1.29, 1.82) is 0 Å². The average molecular weight is 271 g/mol. The third-order valence-electron chi connectivity index (χ3n) is 1.73. The molecule has 0 aromatic heterocycles. The number of aliphatic hydroxyl groups excluding tert-OH is 1. The monoisotopic (exact) mass is 270 g/mol. The molecule has 0 radical (unpaired) electrons. The maximum absolute atomic E-state index is 11.9. The maximum atomic E-state index is 11.9. The van der Waals surface area contributed by atoms with Crippen molar-refractivity contribution in [2.45, 2.75) is 23.6 Å². The lowest BCUT2D eigenvalue weighted by atomic mass is 10.3. The fourth-order valence-electron chi connectivity index (χ4n) is 1.07. The molecule has 0 bridgehead atoms. The summed E-state index contributed by atoms with van der Waals surface area (Å²) < 4.78 is 35.7. The van der Waals surface area contributed by atoms with Crippen molar-refractivity contribution >= 4 is 23.4 Å². The van der Waals surface area contributed by atoms with E-state index in [0.29, 0.717) is 9.92 Å². The predicted octanol–water partition coefficient (Wildman–Crippen LogP) is 3.75.